The lowest BCUT2D eigenvalue weighted by Crippen LogP contribution is -2.22. The van der Waals surface area contributed by atoms with Crippen molar-refractivity contribution in [1.29, 1.82) is 0 Å². The number of nitrogens with one attached hydrogen (secondary N) is 1. The number of rotatable bonds is 4. The van der Waals surface area contributed by atoms with Crippen LogP contribution in [0.4, 0.5) is 5.95 Å². The third kappa shape index (κ3) is 3.52. The van der Waals surface area contributed by atoms with Gasteiger partial charge in [0.2, 0.25) is 11.8 Å². The molecule has 0 radical (unpaired) electrons. The lowest BCUT2D eigenvalue weighted by atomic mass is 10.0. The molecule has 3 N–H and O–H groups in total. The number of nitrogens with zero attached hydrogens (tertiary/aromatic N) is 2. The van der Waals surface area contributed by atoms with Crippen molar-refractivity contribution in [3.8, 4) is 5.88 Å². The smallest absolute Gasteiger partial charge is 0.240 e. The van der Waals surface area contributed by atoms with Crippen LogP contribution in [-0.4, -0.2) is 29.8 Å². The molecular weight excluding hydrogens is 288 g/mol. The van der Waals surface area contributed by atoms with Crippen LogP contribution in [0.5, 0.6) is 5.88 Å². The number of aromatic nitrogens is 2. The molecule has 7 heteroatoms. The highest BCUT2D eigenvalue weighted by Crippen LogP contribution is 2.24. The minimum Gasteiger partial charge on any atom is -0.476 e. The lowest BCUT2D eigenvalue weighted by molar-refractivity contribution is 0.0489. The average molecular weight is 303 g/mol. The molecule has 0 unspecified atom stereocenters. The highest BCUT2D eigenvalue weighted by atomic mass is 79.9. The molecular formula is C10H15BrN4O2. The fraction of sp³-hybridized carbons (Fsp3) is 0.600. The van der Waals surface area contributed by atoms with Gasteiger partial charge in [-0.2, -0.15) is 4.98 Å². The standard InChI is InChI=1S/C10H15BrN4O2/c11-8-5-13-10(15-12)14-9(8)17-6-7-1-3-16-4-2-7/h5,7H,1-4,6,12H2,(H,13,14,15). The minimum atomic E-state index is 0.343. The first-order valence-corrected chi connectivity index (χ1v) is 6.28. The van der Waals surface area contributed by atoms with Crippen molar-refractivity contribution in [3.05, 3.63) is 10.7 Å². The summed E-state index contributed by atoms with van der Waals surface area (Å²) in [6, 6.07) is 0. The number of halogens is 1. The van der Waals surface area contributed by atoms with Gasteiger partial charge in [0.25, 0.3) is 0 Å². The summed E-state index contributed by atoms with van der Waals surface area (Å²) in [5.74, 6) is 6.63. The van der Waals surface area contributed by atoms with Gasteiger partial charge in [0.1, 0.15) is 0 Å². The van der Waals surface area contributed by atoms with E-state index < -0.39 is 0 Å². The van der Waals surface area contributed by atoms with Gasteiger partial charge in [0.15, 0.2) is 0 Å². The van der Waals surface area contributed by atoms with E-state index in [2.05, 4.69) is 31.3 Å². The second kappa shape index (κ2) is 6.13. The van der Waals surface area contributed by atoms with Crippen LogP contribution >= 0.6 is 15.9 Å². The van der Waals surface area contributed by atoms with E-state index in [4.69, 9.17) is 15.3 Å². The molecule has 0 amide bonds. The first kappa shape index (κ1) is 12.5. The Morgan fingerprint density at radius 3 is 3.00 bits per heavy atom. The number of hydrazine groups is 1. The molecule has 1 aromatic rings. The van der Waals surface area contributed by atoms with Gasteiger partial charge in [0.05, 0.1) is 17.3 Å². The van der Waals surface area contributed by atoms with Crippen LogP contribution in [0.25, 0.3) is 0 Å². The van der Waals surface area contributed by atoms with Crippen LogP contribution in [-0.2, 0) is 4.74 Å². The van der Waals surface area contributed by atoms with E-state index in [1.165, 1.54) is 0 Å². The first-order valence-electron chi connectivity index (χ1n) is 5.49. The molecule has 0 atom stereocenters. The summed E-state index contributed by atoms with van der Waals surface area (Å²) in [5, 5.41) is 0. The monoisotopic (exact) mass is 302 g/mol. The van der Waals surface area contributed by atoms with Crippen molar-refractivity contribution < 1.29 is 9.47 Å². The van der Waals surface area contributed by atoms with Crippen molar-refractivity contribution in [2.45, 2.75) is 12.8 Å². The molecule has 0 saturated carbocycles. The van der Waals surface area contributed by atoms with E-state index in [9.17, 15) is 0 Å². The Morgan fingerprint density at radius 1 is 1.53 bits per heavy atom. The number of hydrogen-bond donors (Lipinski definition) is 2. The van der Waals surface area contributed by atoms with Crippen LogP contribution in [0.15, 0.2) is 10.7 Å². The van der Waals surface area contributed by atoms with Gasteiger partial charge < -0.3 is 9.47 Å². The number of hydrogen-bond acceptors (Lipinski definition) is 6. The molecule has 0 spiro atoms. The Bertz CT molecular complexity index is 371. The van der Waals surface area contributed by atoms with Gasteiger partial charge in [-0.3, -0.25) is 5.43 Å². The second-order valence-corrected chi connectivity index (χ2v) is 4.71. The largest absolute Gasteiger partial charge is 0.476 e. The number of nitrogens with two attached hydrogens (primary N) is 1. The summed E-state index contributed by atoms with van der Waals surface area (Å²) < 4.78 is 11.7. The van der Waals surface area contributed by atoms with E-state index >= 15 is 0 Å². The molecule has 2 rings (SSSR count). The molecule has 0 aliphatic carbocycles. The Balaban J connectivity index is 1.92. The lowest BCUT2D eigenvalue weighted by Gasteiger charge is -2.22. The number of nitrogen functional groups attached to an aromatic ring is 1. The van der Waals surface area contributed by atoms with E-state index in [0.29, 0.717) is 24.4 Å². The summed E-state index contributed by atoms with van der Waals surface area (Å²) in [6.45, 7) is 2.27. The minimum absolute atomic E-state index is 0.343. The predicted molar refractivity (Wildman–Crippen MR) is 66.6 cm³/mol. The molecule has 1 aromatic heterocycles. The van der Waals surface area contributed by atoms with Gasteiger partial charge in [-0.25, -0.2) is 10.8 Å². The SMILES string of the molecule is NNc1ncc(Br)c(OCC2CCOCC2)n1. The van der Waals surface area contributed by atoms with E-state index in [1.807, 2.05) is 0 Å². The van der Waals surface area contributed by atoms with Gasteiger partial charge in [-0.05, 0) is 34.7 Å². The molecule has 6 nitrogen and oxygen atoms in total. The fourth-order valence-electron chi connectivity index (χ4n) is 1.63. The Hall–Kier alpha value is -0.920. The number of anilines is 1. The van der Waals surface area contributed by atoms with Gasteiger partial charge in [-0.15, -0.1) is 0 Å². The van der Waals surface area contributed by atoms with E-state index in [0.717, 1.165) is 30.5 Å². The molecule has 94 valence electrons. The average Bonchev–Trinajstić information content (AvgIpc) is 2.39. The van der Waals surface area contributed by atoms with Crippen LogP contribution in [0.2, 0.25) is 0 Å². The number of ether oxygens (including phenoxy) is 2. The van der Waals surface area contributed by atoms with Crippen molar-refractivity contribution in [2.75, 3.05) is 25.2 Å². The molecule has 1 aliphatic heterocycles. The Kier molecular flexibility index (Phi) is 4.52. The van der Waals surface area contributed by atoms with E-state index in [1.54, 1.807) is 6.20 Å². The van der Waals surface area contributed by atoms with Crippen molar-refractivity contribution in [3.63, 3.8) is 0 Å². The summed E-state index contributed by atoms with van der Waals surface area (Å²) >= 11 is 3.34. The highest BCUT2D eigenvalue weighted by molar-refractivity contribution is 9.10. The summed E-state index contributed by atoms with van der Waals surface area (Å²) in [6.07, 6.45) is 3.68. The molecule has 1 aliphatic rings. The normalized spacial score (nSPS) is 16.8. The van der Waals surface area contributed by atoms with Crippen LogP contribution < -0.4 is 16.0 Å². The predicted octanol–water partition coefficient (Wildman–Crippen LogP) is 1.33. The van der Waals surface area contributed by atoms with Crippen LogP contribution in [0.3, 0.4) is 0 Å². The van der Waals surface area contributed by atoms with Crippen molar-refractivity contribution in [1.82, 2.24) is 9.97 Å². The molecule has 1 fully saturated rings. The second-order valence-electron chi connectivity index (χ2n) is 3.86. The highest BCUT2D eigenvalue weighted by Gasteiger charge is 2.15. The maximum Gasteiger partial charge on any atom is 0.240 e. The molecule has 2 heterocycles. The van der Waals surface area contributed by atoms with Gasteiger partial charge in [-0.1, -0.05) is 0 Å². The topological polar surface area (TPSA) is 82.3 Å². The zero-order valence-corrected chi connectivity index (χ0v) is 10.9. The van der Waals surface area contributed by atoms with Crippen molar-refractivity contribution in [2.24, 2.45) is 11.8 Å². The molecule has 0 aromatic carbocycles. The maximum absolute atomic E-state index is 5.67. The van der Waals surface area contributed by atoms with E-state index in [-0.39, 0.29) is 0 Å². The van der Waals surface area contributed by atoms with Gasteiger partial charge >= 0.3 is 0 Å². The molecule has 17 heavy (non-hydrogen) atoms. The summed E-state index contributed by atoms with van der Waals surface area (Å²) in [7, 11) is 0. The van der Waals surface area contributed by atoms with Gasteiger partial charge in [0, 0.05) is 13.2 Å². The zero-order chi connectivity index (χ0) is 12.1. The Labute approximate surface area is 108 Å². The Morgan fingerprint density at radius 2 is 2.29 bits per heavy atom. The van der Waals surface area contributed by atoms with Crippen molar-refractivity contribution >= 4 is 21.9 Å². The summed E-state index contributed by atoms with van der Waals surface area (Å²) in [5.41, 5.74) is 2.39. The summed E-state index contributed by atoms with van der Waals surface area (Å²) in [4.78, 5) is 8.09. The zero-order valence-electron chi connectivity index (χ0n) is 9.36. The third-order valence-corrected chi connectivity index (χ3v) is 3.18. The molecule has 0 bridgehead atoms. The van der Waals surface area contributed by atoms with Crippen LogP contribution in [0, 0.1) is 5.92 Å². The third-order valence-electron chi connectivity index (χ3n) is 2.64. The quantitative estimate of drug-likeness (QED) is 0.645. The fourth-order valence-corrected chi connectivity index (χ4v) is 1.94. The first-order chi connectivity index (χ1) is 8.29. The maximum atomic E-state index is 5.67. The molecule has 1 saturated heterocycles. The van der Waals surface area contributed by atoms with Crippen LogP contribution in [0.1, 0.15) is 12.8 Å².